The Bertz CT molecular complexity index is 1070. The lowest BCUT2D eigenvalue weighted by Gasteiger charge is -2.14. The smallest absolute Gasteiger partial charge is 0.158 e. The van der Waals surface area contributed by atoms with Crippen molar-refractivity contribution >= 4 is 11.5 Å². The Morgan fingerprint density at radius 3 is 2.50 bits per heavy atom. The fourth-order valence-electron chi connectivity index (χ4n) is 3.30. The van der Waals surface area contributed by atoms with Crippen LogP contribution in [-0.4, -0.2) is 17.9 Å². The predicted octanol–water partition coefficient (Wildman–Crippen LogP) is 5.71. The number of aliphatic hydroxyl groups is 1. The first-order chi connectivity index (χ1) is 14.5. The highest BCUT2D eigenvalue weighted by atomic mass is 16.6. The Hall–Kier alpha value is -3.21. The zero-order valence-electron chi connectivity index (χ0n) is 17.7. The highest BCUT2D eigenvalue weighted by molar-refractivity contribution is 5.98. The van der Waals surface area contributed by atoms with Gasteiger partial charge in [0.15, 0.2) is 5.76 Å². The second kappa shape index (κ2) is 10.0. The molecule has 4 nitrogen and oxygen atoms in total. The maximum atomic E-state index is 9.31. The normalized spacial score (nSPS) is 11.4. The topological polar surface area (TPSA) is 51.0 Å². The molecule has 0 fully saturated rings. The number of hydrogen-bond acceptors (Lipinski definition) is 4. The summed E-state index contributed by atoms with van der Waals surface area (Å²) in [6, 6.07) is 21.9. The fourth-order valence-corrected chi connectivity index (χ4v) is 3.30. The van der Waals surface area contributed by atoms with Crippen molar-refractivity contribution < 1.29 is 14.7 Å². The van der Waals surface area contributed by atoms with Crippen LogP contribution in [0.1, 0.15) is 34.7 Å². The van der Waals surface area contributed by atoms with Crippen LogP contribution >= 0.6 is 0 Å². The molecule has 30 heavy (non-hydrogen) atoms. The Kier molecular flexibility index (Phi) is 7.17. The van der Waals surface area contributed by atoms with E-state index in [4.69, 9.17) is 9.57 Å². The summed E-state index contributed by atoms with van der Waals surface area (Å²) < 4.78 is 5.42. The molecule has 0 aliphatic carbocycles. The maximum absolute atomic E-state index is 9.31. The number of hydrogen-bond donors (Lipinski definition) is 1. The molecule has 0 aliphatic heterocycles. The van der Waals surface area contributed by atoms with Crippen molar-refractivity contribution in [3.63, 3.8) is 0 Å². The molecule has 0 spiro atoms. The molecule has 0 unspecified atom stereocenters. The van der Waals surface area contributed by atoms with Crippen LogP contribution in [0.15, 0.2) is 78.5 Å². The van der Waals surface area contributed by atoms with Crippen LogP contribution in [0.5, 0.6) is 0 Å². The summed E-state index contributed by atoms with van der Waals surface area (Å²) >= 11 is 0. The van der Waals surface area contributed by atoms with Crippen LogP contribution in [0, 0.1) is 6.92 Å². The lowest BCUT2D eigenvalue weighted by molar-refractivity contribution is 0.185. The first-order valence-electron chi connectivity index (χ1n) is 9.82. The minimum absolute atomic E-state index is 0.00972. The third-order valence-electron chi connectivity index (χ3n) is 4.98. The van der Waals surface area contributed by atoms with Crippen molar-refractivity contribution in [3.05, 3.63) is 101 Å². The number of methoxy groups -OCH3 is 1. The molecule has 0 heterocycles. The SMILES string of the molecule is C=C(O/N=C(\C)c1cccc(CO)c1)c1ccc(-c2ccccc2C)c(COC)c1. The standard InChI is InChI=1S/C26H27NO3/c1-18-8-5-6-11-25(18)26-13-12-23(15-24(26)17-29-4)20(3)30-27-19(2)22-10-7-9-21(14-22)16-28/h5-15,28H,3,16-17H2,1-2,4H3/b27-19+. The minimum Gasteiger partial charge on any atom is -0.392 e. The van der Waals surface area contributed by atoms with Gasteiger partial charge in [0.1, 0.15) is 0 Å². The zero-order chi connectivity index (χ0) is 21.5. The molecule has 3 rings (SSSR count). The Morgan fingerprint density at radius 1 is 0.967 bits per heavy atom. The van der Waals surface area contributed by atoms with Crippen molar-refractivity contribution in [1.29, 1.82) is 0 Å². The van der Waals surface area contributed by atoms with E-state index in [1.807, 2.05) is 55.5 Å². The van der Waals surface area contributed by atoms with Gasteiger partial charge in [0.2, 0.25) is 0 Å². The van der Waals surface area contributed by atoms with Gasteiger partial charge in [-0.25, -0.2) is 0 Å². The van der Waals surface area contributed by atoms with Gasteiger partial charge in [0, 0.05) is 12.7 Å². The van der Waals surface area contributed by atoms with E-state index in [0.29, 0.717) is 18.1 Å². The molecule has 3 aromatic rings. The molecular formula is C26H27NO3. The molecule has 0 saturated carbocycles. The number of aliphatic hydroxyl groups excluding tert-OH is 1. The average molecular weight is 402 g/mol. The van der Waals surface area contributed by atoms with E-state index >= 15 is 0 Å². The van der Waals surface area contributed by atoms with Gasteiger partial charge in [-0.2, -0.15) is 0 Å². The molecule has 3 aromatic carbocycles. The van der Waals surface area contributed by atoms with Crippen LogP contribution in [0.4, 0.5) is 0 Å². The summed E-state index contributed by atoms with van der Waals surface area (Å²) in [4.78, 5) is 5.61. The Morgan fingerprint density at radius 2 is 1.77 bits per heavy atom. The van der Waals surface area contributed by atoms with Crippen molar-refractivity contribution in [2.45, 2.75) is 27.1 Å². The van der Waals surface area contributed by atoms with E-state index in [9.17, 15) is 5.11 Å². The van der Waals surface area contributed by atoms with Crippen LogP contribution in [0.2, 0.25) is 0 Å². The number of ether oxygens (including phenoxy) is 1. The molecule has 0 amide bonds. The quantitative estimate of drug-likeness (QED) is 0.299. The summed E-state index contributed by atoms with van der Waals surface area (Å²) in [5, 5.41) is 13.5. The van der Waals surface area contributed by atoms with Crippen LogP contribution in [-0.2, 0) is 22.8 Å². The minimum atomic E-state index is -0.00972. The van der Waals surface area contributed by atoms with E-state index in [0.717, 1.165) is 27.8 Å². The fraction of sp³-hybridized carbons (Fsp3) is 0.192. The van der Waals surface area contributed by atoms with Gasteiger partial charge in [-0.3, -0.25) is 0 Å². The summed E-state index contributed by atoms with van der Waals surface area (Å²) in [5.74, 6) is 0.460. The number of oxime groups is 1. The van der Waals surface area contributed by atoms with Crippen LogP contribution in [0.3, 0.4) is 0 Å². The second-order valence-electron chi connectivity index (χ2n) is 7.17. The monoisotopic (exact) mass is 401 g/mol. The third-order valence-corrected chi connectivity index (χ3v) is 4.98. The van der Waals surface area contributed by atoms with Gasteiger partial charge < -0.3 is 14.7 Å². The second-order valence-corrected chi connectivity index (χ2v) is 7.17. The van der Waals surface area contributed by atoms with Gasteiger partial charge in [-0.05, 0) is 59.4 Å². The first kappa shape index (κ1) is 21.5. The van der Waals surface area contributed by atoms with E-state index < -0.39 is 0 Å². The molecule has 0 atom stereocenters. The molecule has 154 valence electrons. The molecular weight excluding hydrogens is 374 g/mol. The van der Waals surface area contributed by atoms with Crippen molar-refractivity contribution in [1.82, 2.24) is 0 Å². The molecule has 0 aromatic heterocycles. The molecule has 0 aliphatic rings. The van der Waals surface area contributed by atoms with E-state index in [2.05, 4.69) is 36.9 Å². The summed E-state index contributed by atoms with van der Waals surface area (Å²) in [5.41, 5.74) is 7.86. The Balaban J connectivity index is 1.84. The van der Waals surface area contributed by atoms with E-state index in [-0.39, 0.29) is 6.61 Å². The average Bonchev–Trinajstić information content (AvgIpc) is 2.78. The molecule has 4 heteroatoms. The van der Waals surface area contributed by atoms with Gasteiger partial charge in [-0.15, -0.1) is 0 Å². The molecule has 0 saturated heterocycles. The lowest BCUT2D eigenvalue weighted by Crippen LogP contribution is -1.99. The molecule has 0 radical (unpaired) electrons. The van der Waals surface area contributed by atoms with Gasteiger partial charge >= 0.3 is 0 Å². The first-order valence-corrected chi connectivity index (χ1v) is 9.82. The van der Waals surface area contributed by atoms with Gasteiger partial charge in [0.05, 0.1) is 18.9 Å². The maximum Gasteiger partial charge on any atom is 0.158 e. The van der Waals surface area contributed by atoms with E-state index in [1.165, 1.54) is 11.1 Å². The predicted molar refractivity (Wildman–Crippen MR) is 122 cm³/mol. The van der Waals surface area contributed by atoms with Crippen molar-refractivity contribution in [3.8, 4) is 11.1 Å². The number of nitrogens with zero attached hydrogens (tertiary/aromatic N) is 1. The highest BCUT2D eigenvalue weighted by Crippen LogP contribution is 2.30. The van der Waals surface area contributed by atoms with Crippen molar-refractivity contribution in [2.75, 3.05) is 7.11 Å². The number of aryl methyl sites for hydroxylation is 1. The number of rotatable bonds is 8. The zero-order valence-corrected chi connectivity index (χ0v) is 17.7. The van der Waals surface area contributed by atoms with Gasteiger partial charge in [-0.1, -0.05) is 66.3 Å². The Labute approximate surface area is 178 Å². The summed E-state index contributed by atoms with van der Waals surface area (Å²) in [7, 11) is 1.69. The van der Waals surface area contributed by atoms with Crippen LogP contribution in [0.25, 0.3) is 16.9 Å². The summed E-state index contributed by atoms with van der Waals surface area (Å²) in [6.45, 7) is 8.48. The van der Waals surface area contributed by atoms with Gasteiger partial charge in [0.25, 0.3) is 0 Å². The summed E-state index contributed by atoms with van der Waals surface area (Å²) in [6.07, 6.45) is 0. The third kappa shape index (κ3) is 5.03. The number of benzene rings is 3. The highest BCUT2D eigenvalue weighted by Gasteiger charge is 2.11. The van der Waals surface area contributed by atoms with E-state index in [1.54, 1.807) is 7.11 Å². The van der Waals surface area contributed by atoms with Crippen molar-refractivity contribution in [2.24, 2.45) is 5.16 Å². The largest absolute Gasteiger partial charge is 0.392 e. The molecule has 0 bridgehead atoms. The van der Waals surface area contributed by atoms with Crippen LogP contribution < -0.4 is 0 Å². The molecule has 1 N–H and O–H groups in total. The lowest BCUT2D eigenvalue weighted by atomic mass is 9.94.